The van der Waals surface area contributed by atoms with Crippen molar-refractivity contribution in [2.24, 2.45) is 17.8 Å². The number of alkyl halides is 3. The van der Waals surface area contributed by atoms with Gasteiger partial charge in [0.2, 0.25) is 5.91 Å². The zero-order chi connectivity index (χ0) is 26.3. The van der Waals surface area contributed by atoms with Crippen molar-refractivity contribution in [3.05, 3.63) is 28.7 Å². The van der Waals surface area contributed by atoms with Crippen molar-refractivity contribution in [2.45, 2.75) is 88.6 Å². The minimum absolute atomic E-state index is 0.0448. The van der Waals surface area contributed by atoms with Crippen LogP contribution in [0.5, 0.6) is 0 Å². The van der Waals surface area contributed by atoms with Gasteiger partial charge >= 0.3 is 12.2 Å². The highest BCUT2D eigenvalue weighted by atomic mass is 79.9. The minimum Gasteiger partial charge on any atom is -0.380 e. The molecule has 1 aromatic rings. The molecule has 1 aromatic carbocycles. The standard InChI is InChI=1S/C26H35BrF3N3O3/c1-16(2)31-23(35)32-24-9-4-5-17(12-24)18(8-10-24)15-33(21-7-3-6-20(27)11-21)22(34)19-13-25(36,14-19)26(28,29)30/h3,6-7,11,16-19,36H,4-5,8-10,12-15H2,1-2H3,(H2,31,32,35)/t17?,18?,19-,24?,25+. The second-order valence-electron chi connectivity index (χ2n) is 11.3. The fraction of sp³-hybridized carbons (Fsp3) is 0.692. The van der Waals surface area contributed by atoms with Crippen LogP contribution in [-0.2, 0) is 4.79 Å². The van der Waals surface area contributed by atoms with Crippen LogP contribution < -0.4 is 15.5 Å². The summed E-state index contributed by atoms with van der Waals surface area (Å²) in [5.41, 5.74) is -2.40. The van der Waals surface area contributed by atoms with E-state index in [0.717, 1.165) is 43.0 Å². The summed E-state index contributed by atoms with van der Waals surface area (Å²) in [6, 6.07) is 7.13. The lowest BCUT2D eigenvalue weighted by molar-refractivity contribution is -0.295. The minimum atomic E-state index is -4.74. The lowest BCUT2D eigenvalue weighted by Crippen LogP contribution is -2.60. The molecule has 0 aliphatic heterocycles. The molecular formula is C26H35BrF3N3O3. The molecule has 3 N–H and O–H groups in total. The molecule has 3 aliphatic rings. The lowest BCUT2D eigenvalue weighted by atomic mass is 9.62. The molecule has 3 fully saturated rings. The summed E-state index contributed by atoms with van der Waals surface area (Å²) >= 11 is 3.43. The van der Waals surface area contributed by atoms with Gasteiger partial charge in [-0.3, -0.25) is 4.79 Å². The normalized spacial score (nSPS) is 31.9. The first-order chi connectivity index (χ1) is 16.8. The molecule has 3 saturated carbocycles. The molecule has 4 rings (SSSR count). The predicted octanol–water partition coefficient (Wildman–Crippen LogP) is 5.53. The molecular weight excluding hydrogens is 539 g/mol. The van der Waals surface area contributed by atoms with Gasteiger partial charge in [-0.1, -0.05) is 28.4 Å². The van der Waals surface area contributed by atoms with Gasteiger partial charge in [0.15, 0.2) is 5.60 Å². The van der Waals surface area contributed by atoms with Crippen molar-refractivity contribution in [3.8, 4) is 0 Å². The Morgan fingerprint density at radius 3 is 2.56 bits per heavy atom. The topological polar surface area (TPSA) is 81.7 Å². The SMILES string of the molecule is CC(C)NC(=O)NC12CCCC(C1)C(CN(c1cccc(Br)c1)C(=O)[C@H]1C[C@](O)(C(F)(F)F)C1)CC2. The van der Waals surface area contributed by atoms with E-state index in [4.69, 9.17) is 0 Å². The molecule has 0 spiro atoms. The highest BCUT2D eigenvalue weighted by Gasteiger charge is 2.63. The van der Waals surface area contributed by atoms with Gasteiger partial charge in [0.25, 0.3) is 0 Å². The molecule has 3 aliphatic carbocycles. The molecule has 0 heterocycles. The Labute approximate surface area is 218 Å². The van der Waals surface area contributed by atoms with Crippen LogP contribution in [0.1, 0.15) is 65.2 Å². The Balaban J connectivity index is 1.49. The molecule has 0 saturated heterocycles. The van der Waals surface area contributed by atoms with E-state index in [-0.39, 0.29) is 29.4 Å². The second kappa shape index (κ2) is 10.2. The average Bonchev–Trinajstić information content (AvgIpc) is 2.74. The summed E-state index contributed by atoms with van der Waals surface area (Å²) in [7, 11) is 0. The molecule has 10 heteroatoms. The van der Waals surface area contributed by atoms with Crippen LogP contribution in [0.15, 0.2) is 28.7 Å². The van der Waals surface area contributed by atoms with E-state index < -0.39 is 30.5 Å². The maximum Gasteiger partial charge on any atom is 0.417 e. The van der Waals surface area contributed by atoms with Gasteiger partial charge in [-0.15, -0.1) is 0 Å². The number of nitrogens with one attached hydrogen (secondary N) is 2. The van der Waals surface area contributed by atoms with Gasteiger partial charge in [0.05, 0.1) is 0 Å². The summed E-state index contributed by atoms with van der Waals surface area (Å²) in [5, 5.41) is 16.0. The third-order valence-corrected chi connectivity index (χ3v) is 8.68. The predicted molar refractivity (Wildman–Crippen MR) is 134 cm³/mol. The number of rotatable bonds is 6. The molecule has 36 heavy (non-hydrogen) atoms. The number of aliphatic hydroxyl groups is 1. The number of nitrogens with zero attached hydrogens (tertiary/aromatic N) is 1. The fourth-order valence-corrected chi connectivity index (χ4v) is 6.66. The number of carbonyl (C=O) groups excluding carboxylic acids is 2. The first-order valence-electron chi connectivity index (χ1n) is 12.8. The van der Waals surface area contributed by atoms with Crippen molar-refractivity contribution < 1.29 is 27.9 Å². The lowest BCUT2D eigenvalue weighted by Gasteiger charge is -2.50. The van der Waals surface area contributed by atoms with Crippen LogP contribution >= 0.6 is 15.9 Å². The number of carbonyl (C=O) groups is 2. The molecule has 2 bridgehead atoms. The summed E-state index contributed by atoms with van der Waals surface area (Å²) in [6.07, 6.45) is -0.590. The van der Waals surface area contributed by atoms with Crippen LogP contribution in [0.2, 0.25) is 0 Å². The van der Waals surface area contributed by atoms with E-state index in [1.807, 2.05) is 19.9 Å². The molecule has 3 amide bonds. The number of amides is 3. The maximum absolute atomic E-state index is 13.5. The smallest absolute Gasteiger partial charge is 0.380 e. The number of urea groups is 1. The van der Waals surface area contributed by atoms with Crippen LogP contribution in [0.3, 0.4) is 0 Å². The Morgan fingerprint density at radius 2 is 1.92 bits per heavy atom. The van der Waals surface area contributed by atoms with Crippen molar-refractivity contribution in [1.29, 1.82) is 0 Å². The molecule has 6 nitrogen and oxygen atoms in total. The van der Waals surface area contributed by atoms with Gasteiger partial charge in [0, 0.05) is 34.2 Å². The van der Waals surface area contributed by atoms with Crippen LogP contribution in [0.25, 0.3) is 0 Å². The number of halogens is 4. The third kappa shape index (κ3) is 5.69. The van der Waals surface area contributed by atoms with Crippen molar-refractivity contribution >= 4 is 33.6 Å². The van der Waals surface area contributed by atoms with Gasteiger partial charge in [-0.05, 0) is 88.8 Å². The van der Waals surface area contributed by atoms with Gasteiger partial charge in [0.1, 0.15) is 0 Å². The number of hydrogen-bond donors (Lipinski definition) is 3. The molecule has 0 aromatic heterocycles. The van der Waals surface area contributed by atoms with E-state index >= 15 is 0 Å². The van der Waals surface area contributed by atoms with Crippen LogP contribution in [0, 0.1) is 17.8 Å². The molecule has 3 atom stereocenters. The maximum atomic E-state index is 13.5. The van der Waals surface area contributed by atoms with Crippen LogP contribution in [0.4, 0.5) is 23.7 Å². The van der Waals surface area contributed by atoms with Gasteiger partial charge in [-0.2, -0.15) is 13.2 Å². The molecule has 3 unspecified atom stereocenters. The van der Waals surface area contributed by atoms with Gasteiger partial charge < -0.3 is 20.6 Å². The van der Waals surface area contributed by atoms with Gasteiger partial charge in [-0.25, -0.2) is 4.79 Å². The molecule has 0 radical (unpaired) electrons. The zero-order valence-electron chi connectivity index (χ0n) is 20.7. The molecule has 200 valence electrons. The van der Waals surface area contributed by atoms with E-state index in [1.165, 1.54) is 0 Å². The zero-order valence-corrected chi connectivity index (χ0v) is 22.3. The highest BCUT2D eigenvalue weighted by molar-refractivity contribution is 9.10. The van der Waals surface area contributed by atoms with Crippen LogP contribution in [-0.4, -0.2) is 46.9 Å². The number of hydrogen-bond acceptors (Lipinski definition) is 3. The van der Waals surface area contributed by atoms with Crippen molar-refractivity contribution in [2.75, 3.05) is 11.4 Å². The quantitative estimate of drug-likeness (QED) is 0.418. The summed E-state index contributed by atoms with van der Waals surface area (Å²) in [4.78, 5) is 27.5. The van der Waals surface area contributed by atoms with E-state index in [9.17, 15) is 27.9 Å². The Kier molecular flexibility index (Phi) is 7.68. The van der Waals surface area contributed by atoms with E-state index in [2.05, 4.69) is 26.6 Å². The third-order valence-electron chi connectivity index (χ3n) is 8.19. The van der Waals surface area contributed by atoms with Crippen molar-refractivity contribution in [3.63, 3.8) is 0 Å². The Morgan fingerprint density at radius 1 is 1.19 bits per heavy atom. The summed E-state index contributed by atoms with van der Waals surface area (Å²) in [6.45, 7) is 4.25. The average molecular weight is 574 g/mol. The number of benzene rings is 1. The van der Waals surface area contributed by atoms with Crippen molar-refractivity contribution in [1.82, 2.24) is 10.6 Å². The number of fused-ring (bicyclic) bond motifs is 2. The first-order valence-corrected chi connectivity index (χ1v) is 13.5. The summed E-state index contributed by atoms with van der Waals surface area (Å²) < 4.78 is 40.4. The Bertz CT molecular complexity index is 983. The van der Waals surface area contributed by atoms with E-state index in [0.29, 0.717) is 18.2 Å². The fourth-order valence-electron chi connectivity index (χ4n) is 6.27. The largest absolute Gasteiger partial charge is 0.417 e. The summed E-state index contributed by atoms with van der Waals surface area (Å²) in [5.74, 6) is -0.754. The van der Waals surface area contributed by atoms with E-state index in [1.54, 1.807) is 23.1 Å². The number of anilines is 1. The highest BCUT2D eigenvalue weighted by Crippen LogP contribution is 2.50. The monoisotopic (exact) mass is 573 g/mol. The first kappa shape index (κ1) is 27.2. The second-order valence-corrected chi connectivity index (χ2v) is 12.2. The Hall–Kier alpha value is -1.81.